The van der Waals surface area contributed by atoms with E-state index in [0.717, 1.165) is 22.4 Å². The molecule has 0 bridgehead atoms. The number of benzene rings is 2. The molecular weight excluding hydrogens is 343 g/mol. The predicted octanol–water partition coefficient (Wildman–Crippen LogP) is 6.01. The highest BCUT2D eigenvalue weighted by Crippen LogP contribution is 2.51. The standard InChI is InChI=1S/C13H17FO.C6H5Br/c1-9-6-11(14)4-5-12(9)15-8-10-7-13(10,2)3;7-6-4-2-1-3-5-6/h4-6,10H,7-8H2,1-3H3;1-5H. The Morgan fingerprint density at radius 1 is 1.18 bits per heavy atom. The van der Waals surface area contributed by atoms with E-state index in [1.165, 1.54) is 18.6 Å². The van der Waals surface area contributed by atoms with Crippen molar-refractivity contribution in [2.45, 2.75) is 27.2 Å². The largest absolute Gasteiger partial charge is 0.493 e. The van der Waals surface area contributed by atoms with Crippen LogP contribution in [0.4, 0.5) is 4.39 Å². The fraction of sp³-hybridized carbons (Fsp3) is 0.368. The summed E-state index contributed by atoms with van der Waals surface area (Å²) in [4.78, 5) is 0. The summed E-state index contributed by atoms with van der Waals surface area (Å²) < 4.78 is 19.6. The maximum atomic E-state index is 12.8. The van der Waals surface area contributed by atoms with Crippen LogP contribution >= 0.6 is 15.9 Å². The van der Waals surface area contributed by atoms with Gasteiger partial charge in [-0.1, -0.05) is 48.0 Å². The molecule has 1 atom stereocenters. The smallest absolute Gasteiger partial charge is 0.123 e. The molecule has 2 aromatic carbocycles. The fourth-order valence-corrected chi connectivity index (χ4v) is 2.55. The highest BCUT2D eigenvalue weighted by molar-refractivity contribution is 9.10. The molecule has 1 aliphatic rings. The molecule has 0 spiro atoms. The molecule has 3 rings (SSSR count). The van der Waals surface area contributed by atoms with E-state index in [-0.39, 0.29) is 5.82 Å². The quantitative estimate of drug-likeness (QED) is 0.647. The summed E-state index contributed by atoms with van der Waals surface area (Å²) in [6.45, 7) is 7.12. The van der Waals surface area contributed by atoms with Gasteiger partial charge in [0.25, 0.3) is 0 Å². The van der Waals surface area contributed by atoms with Crippen LogP contribution in [0.15, 0.2) is 53.0 Å². The second kappa shape index (κ2) is 7.28. The normalized spacial score (nSPS) is 18.1. The van der Waals surface area contributed by atoms with Crippen LogP contribution < -0.4 is 4.74 Å². The molecule has 0 N–H and O–H groups in total. The molecule has 2 aromatic rings. The SMILES string of the molecule is Brc1ccccc1.Cc1cc(F)ccc1OCC1CC1(C)C. The molecule has 1 aliphatic carbocycles. The van der Waals surface area contributed by atoms with E-state index in [4.69, 9.17) is 4.74 Å². The molecule has 1 fully saturated rings. The summed E-state index contributed by atoms with van der Waals surface area (Å²) in [5.41, 5.74) is 1.31. The summed E-state index contributed by atoms with van der Waals surface area (Å²) in [5, 5.41) is 0. The Balaban J connectivity index is 0.000000211. The number of aryl methyl sites for hydroxylation is 1. The monoisotopic (exact) mass is 364 g/mol. The van der Waals surface area contributed by atoms with E-state index in [0.29, 0.717) is 11.3 Å². The lowest BCUT2D eigenvalue weighted by molar-refractivity contribution is 0.277. The van der Waals surface area contributed by atoms with Gasteiger partial charge in [0.2, 0.25) is 0 Å². The van der Waals surface area contributed by atoms with Crippen molar-refractivity contribution in [1.82, 2.24) is 0 Å². The summed E-state index contributed by atoms with van der Waals surface area (Å²) in [5.74, 6) is 1.26. The maximum Gasteiger partial charge on any atom is 0.123 e. The van der Waals surface area contributed by atoms with Gasteiger partial charge in [0.15, 0.2) is 0 Å². The van der Waals surface area contributed by atoms with E-state index in [1.54, 1.807) is 6.07 Å². The van der Waals surface area contributed by atoms with E-state index >= 15 is 0 Å². The van der Waals surface area contributed by atoms with E-state index in [1.807, 2.05) is 37.3 Å². The molecule has 0 saturated heterocycles. The highest BCUT2D eigenvalue weighted by Gasteiger charge is 2.45. The van der Waals surface area contributed by atoms with Crippen molar-refractivity contribution in [3.63, 3.8) is 0 Å². The Labute approximate surface area is 140 Å². The van der Waals surface area contributed by atoms with Gasteiger partial charge in [-0.25, -0.2) is 4.39 Å². The van der Waals surface area contributed by atoms with Crippen LogP contribution in [-0.4, -0.2) is 6.61 Å². The minimum absolute atomic E-state index is 0.202. The van der Waals surface area contributed by atoms with Crippen LogP contribution in [0.3, 0.4) is 0 Å². The number of hydrogen-bond donors (Lipinski definition) is 0. The fourth-order valence-electron chi connectivity index (χ4n) is 2.24. The van der Waals surface area contributed by atoms with E-state index in [2.05, 4.69) is 29.8 Å². The molecule has 22 heavy (non-hydrogen) atoms. The van der Waals surface area contributed by atoms with Crippen molar-refractivity contribution in [3.8, 4) is 5.75 Å². The van der Waals surface area contributed by atoms with Gasteiger partial charge in [0.1, 0.15) is 11.6 Å². The minimum atomic E-state index is -0.202. The van der Waals surface area contributed by atoms with E-state index < -0.39 is 0 Å². The lowest BCUT2D eigenvalue weighted by Crippen LogP contribution is -2.04. The van der Waals surface area contributed by atoms with Gasteiger partial charge in [0, 0.05) is 4.47 Å². The van der Waals surface area contributed by atoms with Crippen molar-refractivity contribution in [3.05, 3.63) is 64.4 Å². The van der Waals surface area contributed by atoms with Gasteiger partial charge in [0.05, 0.1) is 6.61 Å². The van der Waals surface area contributed by atoms with Gasteiger partial charge < -0.3 is 4.74 Å². The van der Waals surface area contributed by atoms with Crippen LogP contribution in [0.5, 0.6) is 5.75 Å². The zero-order valence-electron chi connectivity index (χ0n) is 13.3. The lowest BCUT2D eigenvalue weighted by Gasteiger charge is -2.09. The first-order valence-electron chi connectivity index (χ1n) is 7.48. The average Bonchev–Trinajstić information content (AvgIpc) is 3.07. The molecule has 1 nitrogen and oxygen atoms in total. The molecule has 118 valence electrons. The van der Waals surface area contributed by atoms with Gasteiger partial charge in [-0.15, -0.1) is 0 Å². The molecule has 1 unspecified atom stereocenters. The Bertz CT molecular complexity index is 610. The maximum absolute atomic E-state index is 12.8. The summed E-state index contributed by atoms with van der Waals surface area (Å²) >= 11 is 3.31. The van der Waals surface area contributed by atoms with Gasteiger partial charge in [-0.2, -0.15) is 0 Å². The molecule has 0 aromatic heterocycles. The molecule has 0 amide bonds. The Morgan fingerprint density at radius 3 is 2.27 bits per heavy atom. The summed E-state index contributed by atoms with van der Waals surface area (Å²) in [6, 6.07) is 14.6. The summed E-state index contributed by atoms with van der Waals surface area (Å²) in [7, 11) is 0. The first-order chi connectivity index (χ1) is 10.4. The van der Waals surface area contributed by atoms with E-state index in [9.17, 15) is 4.39 Å². The zero-order valence-corrected chi connectivity index (χ0v) is 14.9. The van der Waals surface area contributed by atoms with Crippen LogP contribution in [0.2, 0.25) is 0 Å². The van der Waals surface area contributed by atoms with Crippen molar-refractivity contribution < 1.29 is 9.13 Å². The first kappa shape index (κ1) is 17.0. The third-order valence-corrected chi connectivity index (χ3v) is 4.56. The topological polar surface area (TPSA) is 9.23 Å². The Kier molecular flexibility index (Phi) is 5.63. The second-order valence-corrected chi connectivity index (χ2v) is 7.32. The van der Waals surface area contributed by atoms with Crippen LogP contribution in [0, 0.1) is 24.1 Å². The number of hydrogen-bond acceptors (Lipinski definition) is 1. The Morgan fingerprint density at radius 2 is 1.82 bits per heavy atom. The number of ether oxygens (including phenoxy) is 1. The highest BCUT2D eigenvalue weighted by atomic mass is 79.9. The van der Waals surface area contributed by atoms with Crippen LogP contribution in [0.1, 0.15) is 25.8 Å². The third kappa shape index (κ3) is 5.13. The number of rotatable bonds is 3. The number of halogens is 2. The molecule has 0 heterocycles. The Hall–Kier alpha value is -1.35. The van der Waals surface area contributed by atoms with Crippen LogP contribution in [0.25, 0.3) is 0 Å². The third-order valence-electron chi connectivity index (χ3n) is 4.03. The molecule has 1 saturated carbocycles. The van der Waals surface area contributed by atoms with Gasteiger partial charge >= 0.3 is 0 Å². The predicted molar refractivity (Wildman–Crippen MR) is 92.7 cm³/mol. The molecule has 0 radical (unpaired) electrons. The minimum Gasteiger partial charge on any atom is -0.493 e. The van der Waals surface area contributed by atoms with Crippen LogP contribution in [-0.2, 0) is 0 Å². The zero-order chi connectivity index (χ0) is 16.2. The molecular formula is C19H22BrFO. The van der Waals surface area contributed by atoms with Crippen molar-refractivity contribution in [1.29, 1.82) is 0 Å². The lowest BCUT2D eigenvalue weighted by atomic mass is 10.1. The molecule has 0 aliphatic heterocycles. The van der Waals surface area contributed by atoms with Crippen molar-refractivity contribution in [2.24, 2.45) is 11.3 Å². The van der Waals surface area contributed by atoms with Crippen molar-refractivity contribution >= 4 is 15.9 Å². The molecule has 3 heteroatoms. The second-order valence-electron chi connectivity index (χ2n) is 6.41. The summed E-state index contributed by atoms with van der Waals surface area (Å²) in [6.07, 6.45) is 1.23. The van der Waals surface area contributed by atoms with Gasteiger partial charge in [-0.05, 0) is 60.6 Å². The average molecular weight is 365 g/mol. The first-order valence-corrected chi connectivity index (χ1v) is 8.27. The van der Waals surface area contributed by atoms with Gasteiger partial charge in [-0.3, -0.25) is 0 Å². The van der Waals surface area contributed by atoms with Crippen molar-refractivity contribution in [2.75, 3.05) is 6.61 Å².